The first-order valence-electron chi connectivity index (χ1n) is 9.46. The first-order valence-corrected chi connectivity index (χ1v) is 9.46. The van der Waals surface area contributed by atoms with Gasteiger partial charge in [-0.2, -0.15) is 13.2 Å². The molecule has 0 saturated heterocycles. The van der Waals surface area contributed by atoms with Crippen LogP contribution < -0.4 is 10.2 Å². The molecule has 0 unspecified atom stereocenters. The van der Waals surface area contributed by atoms with Gasteiger partial charge in [0, 0.05) is 5.69 Å². The van der Waals surface area contributed by atoms with Crippen LogP contribution in [-0.4, -0.2) is 11.8 Å². The van der Waals surface area contributed by atoms with Crippen molar-refractivity contribution in [2.75, 3.05) is 10.2 Å². The second-order valence-electron chi connectivity index (χ2n) is 7.05. The number of benzene rings is 3. The minimum atomic E-state index is -4.53. The van der Waals surface area contributed by atoms with Crippen LogP contribution in [-0.2, 0) is 15.8 Å². The number of aryl methyl sites for hydroxylation is 1. The zero-order chi connectivity index (χ0) is 22.2. The van der Waals surface area contributed by atoms with Gasteiger partial charge in [-0.15, -0.1) is 0 Å². The van der Waals surface area contributed by atoms with Crippen molar-refractivity contribution in [2.45, 2.75) is 13.1 Å². The van der Waals surface area contributed by atoms with Crippen molar-refractivity contribution in [2.24, 2.45) is 0 Å². The summed E-state index contributed by atoms with van der Waals surface area (Å²) < 4.78 is 39.4. The Hall–Kier alpha value is -3.87. The van der Waals surface area contributed by atoms with Gasteiger partial charge in [-0.05, 0) is 42.3 Å². The Morgan fingerprint density at radius 3 is 2.16 bits per heavy atom. The average molecular weight is 422 g/mol. The average Bonchev–Trinajstić information content (AvgIpc) is 2.98. The van der Waals surface area contributed by atoms with Gasteiger partial charge in [-0.1, -0.05) is 54.6 Å². The molecule has 0 aliphatic carbocycles. The van der Waals surface area contributed by atoms with E-state index in [0.29, 0.717) is 11.3 Å². The van der Waals surface area contributed by atoms with Gasteiger partial charge < -0.3 is 5.32 Å². The van der Waals surface area contributed by atoms with Crippen LogP contribution in [0.1, 0.15) is 16.7 Å². The molecule has 3 aromatic rings. The molecular weight excluding hydrogens is 405 g/mol. The van der Waals surface area contributed by atoms with Gasteiger partial charge in [0.2, 0.25) is 0 Å². The van der Waals surface area contributed by atoms with E-state index in [1.807, 2.05) is 0 Å². The lowest BCUT2D eigenvalue weighted by molar-refractivity contribution is -0.137. The number of hydrogen-bond acceptors (Lipinski definition) is 3. The summed E-state index contributed by atoms with van der Waals surface area (Å²) in [5.41, 5.74) is 0.873. The fourth-order valence-electron chi connectivity index (χ4n) is 3.47. The molecule has 0 bridgehead atoms. The van der Waals surface area contributed by atoms with Crippen molar-refractivity contribution in [3.63, 3.8) is 0 Å². The van der Waals surface area contributed by atoms with Crippen molar-refractivity contribution in [1.29, 1.82) is 0 Å². The third-order valence-corrected chi connectivity index (χ3v) is 4.96. The van der Waals surface area contributed by atoms with E-state index in [1.54, 1.807) is 61.5 Å². The molecule has 2 amide bonds. The summed E-state index contributed by atoms with van der Waals surface area (Å²) in [5.74, 6) is -1.17. The predicted molar refractivity (Wildman–Crippen MR) is 112 cm³/mol. The lowest BCUT2D eigenvalue weighted by Gasteiger charge is -2.17. The van der Waals surface area contributed by atoms with Crippen LogP contribution >= 0.6 is 0 Å². The molecule has 0 radical (unpaired) electrons. The standard InChI is InChI=1S/C24H17F3N2O2/c1-15-8-5-6-13-19(15)29-22(30)20(16-9-3-2-4-10-16)21(23(29)31)28-18-12-7-11-17(14-18)24(25,26)27/h2-14,28H,1H3. The lowest BCUT2D eigenvalue weighted by atomic mass is 10.0. The fraction of sp³-hybridized carbons (Fsp3) is 0.0833. The number of carbonyl (C=O) groups excluding carboxylic acids is 2. The molecule has 4 nitrogen and oxygen atoms in total. The maximum absolute atomic E-state index is 13.3. The minimum Gasteiger partial charge on any atom is -0.350 e. The first-order chi connectivity index (χ1) is 14.8. The Morgan fingerprint density at radius 2 is 1.48 bits per heavy atom. The number of carbonyl (C=O) groups is 2. The Labute approximate surface area is 176 Å². The van der Waals surface area contributed by atoms with Crippen molar-refractivity contribution in [1.82, 2.24) is 0 Å². The van der Waals surface area contributed by atoms with E-state index >= 15 is 0 Å². The molecule has 7 heteroatoms. The van der Waals surface area contributed by atoms with Crippen LogP contribution in [0.2, 0.25) is 0 Å². The monoisotopic (exact) mass is 422 g/mol. The molecule has 156 valence electrons. The number of nitrogens with zero attached hydrogens (tertiary/aromatic N) is 1. The van der Waals surface area contributed by atoms with E-state index in [2.05, 4.69) is 5.32 Å². The highest BCUT2D eigenvalue weighted by atomic mass is 19.4. The number of imide groups is 1. The third-order valence-electron chi connectivity index (χ3n) is 4.96. The molecular formula is C24H17F3N2O2. The van der Waals surface area contributed by atoms with Gasteiger partial charge >= 0.3 is 6.18 Å². The molecule has 1 heterocycles. The van der Waals surface area contributed by atoms with E-state index in [1.165, 1.54) is 12.1 Å². The summed E-state index contributed by atoms with van der Waals surface area (Å²) in [5, 5.41) is 2.77. The molecule has 0 fully saturated rings. The number of hydrogen-bond donors (Lipinski definition) is 1. The van der Waals surface area contributed by atoms with Gasteiger partial charge in [0.25, 0.3) is 11.8 Å². The quantitative estimate of drug-likeness (QED) is 0.572. The molecule has 0 saturated carbocycles. The fourth-order valence-corrected chi connectivity index (χ4v) is 3.47. The first kappa shape index (κ1) is 20.4. The van der Waals surface area contributed by atoms with Crippen molar-refractivity contribution >= 4 is 28.8 Å². The van der Waals surface area contributed by atoms with E-state index in [-0.39, 0.29) is 17.0 Å². The largest absolute Gasteiger partial charge is 0.416 e. The number of nitrogens with one attached hydrogen (secondary N) is 1. The summed E-state index contributed by atoms with van der Waals surface area (Å²) >= 11 is 0. The van der Waals surface area contributed by atoms with Gasteiger partial charge in [0.05, 0.1) is 16.8 Å². The Morgan fingerprint density at radius 1 is 0.806 bits per heavy atom. The van der Waals surface area contributed by atoms with Crippen LogP contribution in [0.5, 0.6) is 0 Å². The molecule has 4 rings (SSSR count). The summed E-state index contributed by atoms with van der Waals surface area (Å²) in [6, 6.07) is 20.0. The Bertz CT molecular complexity index is 1200. The Balaban J connectivity index is 1.82. The SMILES string of the molecule is Cc1ccccc1N1C(=O)C(Nc2cccc(C(F)(F)F)c2)=C(c2ccccc2)C1=O. The highest BCUT2D eigenvalue weighted by Gasteiger charge is 2.41. The van der Waals surface area contributed by atoms with Gasteiger partial charge in [-0.25, -0.2) is 4.90 Å². The normalized spacial score (nSPS) is 14.4. The molecule has 0 atom stereocenters. The summed E-state index contributed by atoms with van der Waals surface area (Å²) in [4.78, 5) is 27.7. The number of anilines is 2. The maximum atomic E-state index is 13.3. The molecule has 3 aromatic carbocycles. The molecule has 1 aliphatic rings. The predicted octanol–water partition coefficient (Wildman–Crippen LogP) is 5.41. The molecule has 1 N–H and O–H groups in total. The van der Waals surface area contributed by atoms with Gasteiger partial charge in [0.15, 0.2) is 0 Å². The maximum Gasteiger partial charge on any atom is 0.416 e. The second kappa shape index (κ2) is 7.75. The van der Waals surface area contributed by atoms with E-state index in [9.17, 15) is 22.8 Å². The van der Waals surface area contributed by atoms with E-state index in [0.717, 1.165) is 22.6 Å². The number of rotatable bonds is 4. The number of amides is 2. The summed E-state index contributed by atoms with van der Waals surface area (Å²) in [6.45, 7) is 1.77. The van der Waals surface area contributed by atoms with Crippen molar-refractivity contribution < 1.29 is 22.8 Å². The number of para-hydroxylation sites is 1. The van der Waals surface area contributed by atoms with Crippen molar-refractivity contribution in [3.05, 3.63) is 101 Å². The van der Waals surface area contributed by atoms with Gasteiger partial charge in [0.1, 0.15) is 5.70 Å². The van der Waals surface area contributed by atoms with Crippen LogP contribution in [0.15, 0.2) is 84.6 Å². The molecule has 31 heavy (non-hydrogen) atoms. The topological polar surface area (TPSA) is 49.4 Å². The number of halogens is 3. The highest BCUT2D eigenvalue weighted by Crippen LogP contribution is 2.36. The highest BCUT2D eigenvalue weighted by molar-refractivity contribution is 6.46. The minimum absolute atomic E-state index is 0.0611. The van der Waals surface area contributed by atoms with Crippen LogP contribution in [0, 0.1) is 6.92 Å². The smallest absolute Gasteiger partial charge is 0.350 e. The molecule has 1 aliphatic heterocycles. The van der Waals surface area contributed by atoms with Crippen LogP contribution in [0.25, 0.3) is 5.57 Å². The zero-order valence-electron chi connectivity index (χ0n) is 16.4. The summed E-state index contributed by atoms with van der Waals surface area (Å²) in [7, 11) is 0. The van der Waals surface area contributed by atoms with Gasteiger partial charge in [-0.3, -0.25) is 9.59 Å². The van der Waals surface area contributed by atoms with Crippen molar-refractivity contribution in [3.8, 4) is 0 Å². The molecule has 0 aromatic heterocycles. The lowest BCUT2D eigenvalue weighted by Crippen LogP contribution is -2.33. The molecule has 0 spiro atoms. The zero-order valence-corrected chi connectivity index (χ0v) is 16.4. The second-order valence-corrected chi connectivity index (χ2v) is 7.05. The Kier molecular flexibility index (Phi) is 5.10. The van der Waals surface area contributed by atoms with E-state index in [4.69, 9.17) is 0 Å². The number of alkyl halides is 3. The third kappa shape index (κ3) is 3.82. The van der Waals surface area contributed by atoms with Crippen LogP contribution in [0.3, 0.4) is 0 Å². The van der Waals surface area contributed by atoms with E-state index < -0.39 is 23.6 Å². The van der Waals surface area contributed by atoms with Crippen LogP contribution in [0.4, 0.5) is 24.5 Å². The summed E-state index contributed by atoms with van der Waals surface area (Å²) in [6.07, 6.45) is -4.53.